The minimum Gasteiger partial charge on any atom is -0.363 e. The number of aromatic amines is 1. The van der Waals surface area contributed by atoms with Crippen molar-refractivity contribution in [3.8, 4) is 0 Å². The van der Waals surface area contributed by atoms with Crippen LogP contribution in [0.5, 0.6) is 0 Å². The highest BCUT2D eigenvalue weighted by atomic mass is 32.2. The van der Waals surface area contributed by atoms with E-state index in [0.717, 1.165) is 43.3 Å². The first kappa shape index (κ1) is 13.3. The molecule has 0 unspecified atom stereocenters. The van der Waals surface area contributed by atoms with Crippen molar-refractivity contribution >= 4 is 10.0 Å². The minimum absolute atomic E-state index is 0.0637. The fraction of sp³-hybridized carbons (Fsp3) is 0.500. The molecular weight excluding hydrogens is 280 g/mol. The lowest BCUT2D eigenvalue weighted by Gasteiger charge is -2.07. The maximum absolute atomic E-state index is 12.1. The van der Waals surface area contributed by atoms with Crippen LogP contribution in [-0.2, 0) is 29.4 Å². The molecule has 108 valence electrons. The summed E-state index contributed by atoms with van der Waals surface area (Å²) in [5.41, 5.74) is 2.54. The van der Waals surface area contributed by atoms with E-state index in [0.29, 0.717) is 11.5 Å². The number of nitrogens with zero attached hydrogens (tertiary/aromatic N) is 2. The van der Waals surface area contributed by atoms with Gasteiger partial charge in [0.25, 0.3) is 0 Å². The van der Waals surface area contributed by atoms with Crippen molar-refractivity contribution in [1.29, 1.82) is 0 Å². The highest BCUT2D eigenvalue weighted by Gasteiger charge is 2.21. The maximum atomic E-state index is 12.1. The highest BCUT2D eigenvalue weighted by molar-refractivity contribution is 7.89. The average molecular weight is 296 g/mol. The molecule has 7 nitrogen and oxygen atoms in total. The van der Waals surface area contributed by atoms with Gasteiger partial charge in [0, 0.05) is 5.69 Å². The number of fused-ring (bicyclic) bond motifs is 1. The van der Waals surface area contributed by atoms with Crippen LogP contribution in [0.3, 0.4) is 0 Å². The summed E-state index contributed by atoms with van der Waals surface area (Å²) in [6.45, 7) is 1.73. The molecule has 3 rings (SSSR count). The van der Waals surface area contributed by atoms with Crippen molar-refractivity contribution in [2.24, 2.45) is 0 Å². The molecule has 2 N–H and O–H groups in total. The SMILES string of the molecule is Cc1nocc1S(=O)(=O)NCc1nc2c([nH]1)CCCC2. The molecule has 8 heteroatoms. The molecule has 0 spiro atoms. The zero-order valence-corrected chi connectivity index (χ0v) is 12.0. The summed E-state index contributed by atoms with van der Waals surface area (Å²) < 4.78 is 31.3. The molecule has 0 bridgehead atoms. The summed E-state index contributed by atoms with van der Waals surface area (Å²) in [6, 6.07) is 0. The smallest absolute Gasteiger partial charge is 0.246 e. The van der Waals surface area contributed by atoms with Crippen LogP contribution in [0.15, 0.2) is 15.7 Å². The average Bonchev–Trinajstić information content (AvgIpc) is 3.02. The highest BCUT2D eigenvalue weighted by Crippen LogP contribution is 2.19. The van der Waals surface area contributed by atoms with Gasteiger partial charge >= 0.3 is 0 Å². The summed E-state index contributed by atoms with van der Waals surface area (Å²) in [5.74, 6) is 0.648. The van der Waals surface area contributed by atoms with E-state index in [1.807, 2.05) is 0 Å². The van der Waals surface area contributed by atoms with Crippen LogP contribution >= 0.6 is 0 Å². The first-order valence-corrected chi connectivity index (χ1v) is 8.02. The second kappa shape index (κ2) is 5.02. The van der Waals surface area contributed by atoms with Gasteiger partial charge in [0.2, 0.25) is 10.0 Å². The number of nitrogens with one attached hydrogen (secondary N) is 2. The lowest BCUT2D eigenvalue weighted by Crippen LogP contribution is -2.24. The number of hydrogen-bond acceptors (Lipinski definition) is 5. The molecule has 0 saturated carbocycles. The predicted molar refractivity (Wildman–Crippen MR) is 70.5 cm³/mol. The van der Waals surface area contributed by atoms with Gasteiger partial charge in [-0.05, 0) is 32.6 Å². The van der Waals surface area contributed by atoms with Crippen LogP contribution in [0.25, 0.3) is 0 Å². The van der Waals surface area contributed by atoms with Crippen LogP contribution < -0.4 is 4.72 Å². The van der Waals surface area contributed by atoms with Gasteiger partial charge in [0.1, 0.15) is 22.7 Å². The topological polar surface area (TPSA) is 101 Å². The summed E-state index contributed by atoms with van der Waals surface area (Å²) in [6.07, 6.45) is 5.37. The Morgan fingerprint density at radius 2 is 2.20 bits per heavy atom. The van der Waals surface area contributed by atoms with Crippen molar-refractivity contribution in [3.05, 3.63) is 29.2 Å². The number of rotatable bonds is 4. The molecule has 0 amide bonds. The molecule has 1 aliphatic carbocycles. The first-order chi connectivity index (χ1) is 9.56. The van der Waals surface area contributed by atoms with Gasteiger partial charge in [0.15, 0.2) is 0 Å². The monoisotopic (exact) mass is 296 g/mol. The molecular formula is C12H16N4O3S. The molecule has 0 atom stereocenters. The molecule has 2 aromatic heterocycles. The second-order valence-corrected chi connectivity index (χ2v) is 6.64. The summed E-state index contributed by atoms with van der Waals surface area (Å²) >= 11 is 0. The third kappa shape index (κ3) is 2.48. The number of H-pyrrole nitrogens is 1. The molecule has 2 heterocycles. The van der Waals surface area contributed by atoms with Gasteiger partial charge in [-0.15, -0.1) is 0 Å². The van der Waals surface area contributed by atoms with Crippen molar-refractivity contribution < 1.29 is 12.9 Å². The van der Waals surface area contributed by atoms with E-state index in [1.165, 1.54) is 0 Å². The third-order valence-corrected chi connectivity index (χ3v) is 4.92. The molecule has 0 aliphatic heterocycles. The Balaban J connectivity index is 1.73. The Hall–Kier alpha value is -1.67. The van der Waals surface area contributed by atoms with E-state index in [9.17, 15) is 8.42 Å². The van der Waals surface area contributed by atoms with Crippen LogP contribution in [0.4, 0.5) is 0 Å². The van der Waals surface area contributed by atoms with E-state index in [1.54, 1.807) is 6.92 Å². The van der Waals surface area contributed by atoms with Crippen LogP contribution in [-0.4, -0.2) is 23.5 Å². The van der Waals surface area contributed by atoms with Crippen molar-refractivity contribution in [2.45, 2.75) is 44.0 Å². The summed E-state index contributed by atoms with van der Waals surface area (Å²) in [4.78, 5) is 7.69. The van der Waals surface area contributed by atoms with Crippen LogP contribution in [0.1, 0.15) is 35.7 Å². The Morgan fingerprint density at radius 1 is 1.40 bits per heavy atom. The number of imidazole rings is 1. The van der Waals surface area contributed by atoms with Gasteiger partial charge < -0.3 is 9.51 Å². The Bertz CT molecular complexity index is 693. The normalized spacial score (nSPS) is 15.2. The molecule has 2 aromatic rings. The van der Waals surface area contributed by atoms with Gasteiger partial charge in [-0.1, -0.05) is 5.16 Å². The van der Waals surface area contributed by atoms with E-state index in [-0.39, 0.29) is 11.4 Å². The second-order valence-electron chi connectivity index (χ2n) is 4.90. The molecule has 0 fully saturated rings. The number of sulfonamides is 1. The standard InChI is InChI=1S/C12H16N4O3S/c1-8-11(7-19-16-8)20(17,18)13-6-12-14-9-4-2-3-5-10(9)15-12/h7,13H,2-6H2,1H3,(H,14,15). The molecule has 0 aromatic carbocycles. The van der Waals surface area contributed by atoms with Crippen LogP contribution in [0, 0.1) is 6.92 Å². The quantitative estimate of drug-likeness (QED) is 0.878. The van der Waals surface area contributed by atoms with Gasteiger partial charge in [-0.3, -0.25) is 0 Å². The Labute approximate surface area is 116 Å². The van der Waals surface area contributed by atoms with Crippen molar-refractivity contribution in [2.75, 3.05) is 0 Å². The van der Waals surface area contributed by atoms with E-state index in [4.69, 9.17) is 0 Å². The Kier molecular flexibility index (Phi) is 3.35. The van der Waals surface area contributed by atoms with Crippen LogP contribution in [0.2, 0.25) is 0 Å². The predicted octanol–water partition coefficient (Wildman–Crippen LogP) is 1.06. The largest absolute Gasteiger partial charge is 0.363 e. The molecule has 0 saturated heterocycles. The van der Waals surface area contributed by atoms with Crippen molar-refractivity contribution in [3.63, 3.8) is 0 Å². The van der Waals surface area contributed by atoms with E-state index >= 15 is 0 Å². The molecule has 0 radical (unpaired) electrons. The number of aromatic nitrogens is 3. The minimum atomic E-state index is -3.61. The fourth-order valence-electron chi connectivity index (χ4n) is 2.38. The summed E-state index contributed by atoms with van der Waals surface area (Å²) in [5, 5.41) is 3.57. The zero-order valence-electron chi connectivity index (χ0n) is 11.1. The van der Waals surface area contributed by atoms with E-state index in [2.05, 4.69) is 24.4 Å². The maximum Gasteiger partial charge on any atom is 0.246 e. The molecule has 20 heavy (non-hydrogen) atoms. The van der Waals surface area contributed by atoms with Gasteiger partial charge in [0.05, 0.1) is 12.2 Å². The van der Waals surface area contributed by atoms with Crippen molar-refractivity contribution in [1.82, 2.24) is 19.8 Å². The Morgan fingerprint density at radius 3 is 2.90 bits per heavy atom. The lowest BCUT2D eigenvalue weighted by atomic mass is 10.0. The lowest BCUT2D eigenvalue weighted by molar-refractivity contribution is 0.413. The summed E-state index contributed by atoms with van der Waals surface area (Å²) in [7, 11) is -3.61. The van der Waals surface area contributed by atoms with E-state index < -0.39 is 10.0 Å². The number of hydrogen-bond donors (Lipinski definition) is 2. The van der Waals surface area contributed by atoms with Gasteiger partial charge in [-0.2, -0.15) is 0 Å². The third-order valence-electron chi connectivity index (χ3n) is 3.43. The molecule has 1 aliphatic rings. The van der Waals surface area contributed by atoms with Gasteiger partial charge in [-0.25, -0.2) is 18.1 Å². The number of aryl methyl sites for hydroxylation is 3. The fourth-order valence-corrected chi connectivity index (χ4v) is 3.46. The zero-order chi connectivity index (χ0) is 14.2. The first-order valence-electron chi connectivity index (χ1n) is 6.53.